The minimum Gasteiger partial charge on any atom is -0.507 e. The Labute approximate surface area is 314 Å². The summed E-state index contributed by atoms with van der Waals surface area (Å²) in [5.41, 5.74) is 1.01. The molecular weight excluding hydrogens is 722 g/mol. The third kappa shape index (κ3) is 9.68. The quantitative estimate of drug-likeness (QED) is 0.0544. The maximum atomic E-state index is 13.8. The maximum Gasteiger partial charge on any atom is 0.312 e. The van der Waals surface area contributed by atoms with Gasteiger partial charge in [0.2, 0.25) is 11.2 Å². The number of carbonyl (C=O) groups is 2. The summed E-state index contributed by atoms with van der Waals surface area (Å²) in [6.45, 7) is 3.57. The van der Waals surface area contributed by atoms with Crippen molar-refractivity contribution in [3.05, 3.63) is 69.7 Å². The summed E-state index contributed by atoms with van der Waals surface area (Å²) < 4.78 is 29.0. The Balaban J connectivity index is 1.16. The molecule has 5 atom stereocenters. The molecule has 55 heavy (non-hydrogen) atoms. The minimum absolute atomic E-state index is 0.0192. The Morgan fingerprint density at radius 1 is 1.00 bits per heavy atom. The Morgan fingerprint density at radius 2 is 1.73 bits per heavy atom. The standard InChI is InChI=1S/C38H45N3O14/c1-20(2)5-10-25-27(43)16-28(44)31-34(49)38(36(55-37(25)31)21-6-8-24(51-3)9-7-21)54-30(46)12-11-29(45)53-14-4-13-52-19-23-17-41(40-39-23)26-15-22(18-42)32(47)35(50)33(26)48/h5-9,16-17,22,26,32-33,35,42-44,47-48,50H,4,10-15,18-19H2,1-3H3/t22-,26-,32-,33+,35+/m0/s1. The van der Waals surface area contributed by atoms with E-state index in [0.29, 0.717) is 23.4 Å². The third-order valence-electron chi connectivity index (χ3n) is 9.20. The van der Waals surface area contributed by atoms with Gasteiger partial charge in [0.05, 0.1) is 58.1 Å². The second-order valence-corrected chi connectivity index (χ2v) is 13.4. The van der Waals surface area contributed by atoms with E-state index in [-0.39, 0.29) is 73.7 Å². The van der Waals surface area contributed by atoms with E-state index < -0.39 is 65.6 Å². The lowest BCUT2D eigenvalue weighted by Crippen LogP contribution is -2.52. The topological polar surface area (TPSA) is 253 Å². The van der Waals surface area contributed by atoms with Gasteiger partial charge < -0.3 is 54.0 Å². The van der Waals surface area contributed by atoms with Gasteiger partial charge in [0.15, 0.2) is 5.76 Å². The molecule has 0 bridgehead atoms. The number of benzene rings is 2. The molecule has 6 N–H and O–H groups in total. The van der Waals surface area contributed by atoms with Crippen molar-refractivity contribution in [3.63, 3.8) is 0 Å². The van der Waals surface area contributed by atoms with Crippen molar-refractivity contribution in [1.82, 2.24) is 15.0 Å². The molecule has 1 fully saturated rings. The number of allylic oxidation sites excluding steroid dienone is 2. The first-order chi connectivity index (χ1) is 26.3. The van der Waals surface area contributed by atoms with E-state index in [1.807, 2.05) is 19.9 Å². The third-order valence-corrected chi connectivity index (χ3v) is 9.20. The highest BCUT2D eigenvalue weighted by Crippen LogP contribution is 2.40. The largest absolute Gasteiger partial charge is 0.507 e. The fourth-order valence-electron chi connectivity index (χ4n) is 6.15. The van der Waals surface area contributed by atoms with Gasteiger partial charge in [-0.25, -0.2) is 4.68 Å². The van der Waals surface area contributed by atoms with Crippen LogP contribution in [0.4, 0.5) is 0 Å². The van der Waals surface area contributed by atoms with E-state index in [1.54, 1.807) is 24.3 Å². The summed E-state index contributed by atoms with van der Waals surface area (Å²) in [6.07, 6.45) is -0.794. The molecular formula is C38H45N3O14. The predicted octanol–water partition coefficient (Wildman–Crippen LogP) is 2.45. The van der Waals surface area contributed by atoms with Crippen molar-refractivity contribution in [2.75, 3.05) is 26.9 Å². The average Bonchev–Trinajstić information content (AvgIpc) is 3.63. The number of aromatic nitrogens is 3. The normalized spacial score (nSPS) is 19.6. The molecule has 0 unspecified atom stereocenters. The van der Waals surface area contributed by atoms with Crippen molar-refractivity contribution < 1.29 is 63.6 Å². The zero-order valence-electron chi connectivity index (χ0n) is 30.6. The van der Waals surface area contributed by atoms with Crippen LogP contribution in [0.1, 0.15) is 56.8 Å². The van der Waals surface area contributed by atoms with Crippen molar-refractivity contribution in [2.24, 2.45) is 5.92 Å². The summed E-state index contributed by atoms with van der Waals surface area (Å²) in [4.78, 5) is 39.2. The van der Waals surface area contributed by atoms with E-state index in [1.165, 1.54) is 18.0 Å². The van der Waals surface area contributed by atoms with Crippen LogP contribution in [0.25, 0.3) is 22.3 Å². The Morgan fingerprint density at radius 3 is 2.42 bits per heavy atom. The number of phenolic OH excluding ortho intramolecular Hbond substituents is 2. The first-order valence-corrected chi connectivity index (χ1v) is 17.6. The molecule has 0 saturated heterocycles. The first kappa shape index (κ1) is 40.8. The average molecular weight is 768 g/mol. The van der Waals surface area contributed by atoms with Gasteiger partial charge in [0.1, 0.15) is 46.1 Å². The molecule has 1 saturated carbocycles. The number of aromatic hydroxyl groups is 2. The van der Waals surface area contributed by atoms with Crippen molar-refractivity contribution >= 4 is 22.9 Å². The van der Waals surface area contributed by atoms with E-state index in [2.05, 4.69) is 10.3 Å². The van der Waals surface area contributed by atoms with Crippen LogP contribution >= 0.6 is 0 Å². The lowest BCUT2D eigenvalue weighted by molar-refractivity contribution is -0.147. The number of methoxy groups -OCH3 is 1. The van der Waals surface area contributed by atoms with Crippen molar-refractivity contribution in [2.45, 2.75) is 76.9 Å². The fourth-order valence-corrected chi connectivity index (χ4v) is 6.15. The van der Waals surface area contributed by atoms with Crippen LogP contribution in [0.15, 0.2) is 57.4 Å². The zero-order valence-corrected chi connectivity index (χ0v) is 30.6. The maximum absolute atomic E-state index is 13.8. The Bertz CT molecular complexity index is 2050. The number of esters is 2. The van der Waals surface area contributed by atoms with Crippen LogP contribution in [-0.2, 0) is 32.1 Å². The monoisotopic (exact) mass is 767 g/mol. The lowest BCUT2D eigenvalue weighted by atomic mass is 9.80. The van der Waals surface area contributed by atoms with Crippen molar-refractivity contribution in [1.29, 1.82) is 0 Å². The summed E-state index contributed by atoms with van der Waals surface area (Å²) in [6, 6.07) is 6.70. The van der Waals surface area contributed by atoms with Gasteiger partial charge in [-0.1, -0.05) is 16.9 Å². The Hall–Kier alpha value is -5.33. The SMILES string of the molecule is COc1ccc(-c2oc3c(CC=C(C)C)c(O)cc(O)c3c(=O)c2OC(=O)CCC(=O)OCCCOCc2cn([C@H]3C[C@@H](CO)[C@H](O)[C@@H](O)[C@@H]3O)nn2)cc1. The van der Waals surface area contributed by atoms with Gasteiger partial charge in [-0.3, -0.25) is 14.4 Å². The summed E-state index contributed by atoms with van der Waals surface area (Å²) in [5, 5.41) is 69.1. The zero-order chi connectivity index (χ0) is 39.8. The number of fused-ring (bicyclic) bond motifs is 1. The molecule has 5 rings (SSSR count). The van der Waals surface area contributed by atoms with Crippen LogP contribution < -0.4 is 14.9 Å². The Kier molecular flexibility index (Phi) is 13.6. The van der Waals surface area contributed by atoms with Gasteiger partial charge >= 0.3 is 11.9 Å². The molecule has 17 heteroatoms. The van der Waals surface area contributed by atoms with Gasteiger partial charge in [0.25, 0.3) is 0 Å². The molecule has 0 radical (unpaired) electrons. The molecule has 1 aliphatic rings. The molecule has 17 nitrogen and oxygen atoms in total. The van der Waals surface area contributed by atoms with Gasteiger partial charge in [-0.15, -0.1) is 5.10 Å². The highest BCUT2D eigenvalue weighted by atomic mass is 16.5. The fraction of sp³-hybridized carbons (Fsp3) is 0.447. The molecule has 0 aliphatic heterocycles. The number of rotatable bonds is 16. The molecule has 2 aromatic heterocycles. The number of aliphatic hydroxyl groups excluding tert-OH is 4. The molecule has 4 aromatic rings. The summed E-state index contributed by atoms with van der Waals surface area (Å²) in [7, 11) is 1.48. The van der Waals surface area contributed by atoms with Crippen LogP contribution in [-0.4, -0.2) is 103 Å². The van der Waals surface area contributed by atoms with Crippen LogP contribution in [0.5, 0.6) is 23.0 Å². The van der Waals surface area contributed by atoms with Gasteiger partial charge in [-0.2, -0.15) is 0 Å². The number of carbonyl (C=O) groups excluding carboxylic acids is 2. The number of aliphatic hydroxyl groups is 4. The number of hydrogen-bond donors (Lipinski definition) is 6. The first-order valence-electron chi connectivity index (χ1n) is 17.6. The predicted molar refractivity (Wildman–Crippen MR) is 193 cm³/mol. The number of ether oxygens (including phenoxy) is 4. The molecule has 296 valence electrons. The number of phenols is 2. The van der Waals surface area contributed by atoms with Crippen LogP contribution in [0, 0.1) is 5.92 Å². The summed E-state index contributed by atoms with van der Waals surface area (Å²) in [5.74, 6) is -3.26. The van der Waals surface area contributed by atoms with E-state index in [0.717, 1.165) is 11.6 Å². The number of nitrogens with zero attached hydrogens (tertiary/aromatic N) is 3. The molecule has 1 aliphatic carbocycles. The van der Waals surface area contributed by atoms with Gasteiger partial charge in [-0.05, 0) is 51.0 Å². The summed E-state index contributed by atoms with van der Waals surface area (Å²) >= 11 is 0. The van der Waals surface area contributed by atoms with E-state index in [9.17, 15) is 45.0 Å². The smallest absolute Gasteiger partial charge is 0.312 e. The second-order valence-electron chi connectivity index (χ2n) is 13.4. The van der Waals surface area contributed by atoms with Crippen LogP contribution in [0.3, 0.4) is 0 Å². The highest BCUT2D eigenvalue weighted by Gasteiger charge is 2.43. The minimum atomic E-state index is -1.45. The lowest BCUT2D eigenvalue weighted by Gasteiger charge is -2.39. The highest BCUT2D eigenvalue weighted by molar-refractivity contribution is 5.92. The molecule has 0 spiro atoms. The van der Waals surface area contributed by atoms with Gasteiger partial charge in [0, 0.05) is 36.1 Å². The van der Waals surface area contributed by atoms with Crippen LogP contribution in [0.2, 0.25) is 0 Å². The number of hydrogen-bond acceptors (Lipinski definition) is 16. The second kappa shape index (κ2) is 18.3. The molecule has 2 heterocycles. The molecule has 0 amide bonds. The molecule has 2 aromatic carbocycles. The van der Waals surface area contributed by atoms with Crippen molar-refractivity contribution in [3.8, 4) is 34.3 Å². The van der Waals surface area contributed by atoms with E-state index in [4.69, 9.17) is 23.4 Å². The van der Waals surface area contributed by atoms with E-state index >= 15 is 0 Å².